The van der Waals surface area contributed by atoms with Crippen LogP contribution in [0.25, 0.3) is 0 Å². The van der Waals surface area contributed by atoms with Crippen LogP contribution >= 0.6 is 0 Å². The van der Waals surface area contributed by atoms with Crippen molar-refractivity contribution in [3.8, 4) is 5.75 Å². The molecule has 0 spiro atoms. The molecule has 31 heavy (non-hydrogen) atoms. The molecule has 3 aromatic rings. The summed E-state index contributed by atoms with van der Waals surface area (Å²) in [5.41, 5.74) is 4.06. The molecule has 0 N–H and O–H groups in total. The summed E-state index contributed by atoms with van der Waals surface area (Å²) in [5.74, 6) is -0.230. The lowest BCUT2D eigenvalue weighted by Crippen LogP contribution is -2.49. The standard InChI is InChI=1S/C24H22F3N2O2/c1-17-14-21(31-24(25,26)27)10-9-18(17)15-29(13-11-20-7-4-5-12-28-20)16-19-6-2-3-8-22(19)23(29)30/h2-10,12,14H,11,13,15-16H2,1H3/q+1. The first-order valence-corrected chi connectivity index (χ1v) is 10.00. The Kier molecular flexibility index (Phi) is 5.54. The Morgan fingerprint density at radius 3 is 2.52 bits per heavy atom. The minimum Gasteiger partial charge on any atom is -0.406 e. The van der Waals surface area contributed by atoms with Crippen molar-refractivity contribution in [3.05, 3.63) is 94.8 Å². The molecule has 4 rings (SSSR count). The van der Waals surface area contributed by atoms with Gasteiger partial charge in [-0.05, 0) is 48.9 Å². The number of hydrogen-bond donors (Lipinski definition) is 0. The van der Waals surface area contributed by atoms with Crippen molar-refractivity contribution in [2.45, 2.75) is 32.8 Å². The fourth-order valence-corrected chi connectivity index (χ4v) is 4.15. The molecule has 0 bridgehead atoms. The van der Waals surface area contributed by atoms with Crippen LogP contribution in [0.1, 0.15) is 32.7 Å². The van der Waals surface area contributed by atoms with Gasteiger partial charge in [-0.25, -0.2) is 9.28 Å². The van der Waals surface area contributed by atoms with E-state index in [1.54, 1.807) is 19.2 Å². The first-order valence-electron chi connectivity index (χ1n) is 10.00. The summed E-state index contributed by atoms with van der Waals surface area (Å²) in [6, 6.07) is 17.5. The molecule has 0 saturated heterocycles. The van der Waals surface area contributed by atoms with Crippen molar-refractivity contribution in [2.75, 3.05) is 6.54 Å². The fraction of sp³-hybridized carbons (Fsp3) is 0.250. The predicted molar refractivity (Wildman–Crippen MR) is 109 cm³/mol. The third kappa shape index (κ3) is 4.61. The maximum Gasteiger partial charge on any atom is 0.573 e. The zero-order valence-corrected chi connectivity index (χ0v) is 17.0. The Bertz CT molecular complexity index is 1100. The molecule has 4 nitrogen and oxygen atoms in total. The molecule has 1 aliphatic rings. The summed E-state index contributed by atoms with van der Waals surface area (Å²) in [6.45, 7) is 3.22. The number of halogens is 3. The fourth-order valence-electron chi connectivity index (χ4n) is 4.15. The molecule has 2 aromatic carbocycles. The third-order valence-electron chi connectivity index (χ3n) is 5.69. The normalized spacial score (nSPS) is 18.1. The highest BCUT2D eigenvalue weighted by atomic mass is 19.4. The van der Waals surface area contributed by atoms with Gasteiger partial charge in [0.05, 0.1) is 12.1 Å². The van der Waals surface area contributed by atoms with Crippen molar-refractivity contribution < 1.29 is 27.2 Å². The first kappa shape index (κ1) is 21.1. The number of carbonyl (C=O) groups is 1. The molecule has 2 heterocycles. The molecular weight excluding hydrogens is 405 g/mol. The highest BCUT2D eigenvalue weighted by molar-refractivity contribution is 5.92. The highest BCUT2D eigenvalue weighted by Crippen LogP contribution is 2.34. The van der Waals surface area contributed by atoms with Crippen molar-refractivity contribution >= 4 is 5.91 Å². The molecule has 0 saturated carbocycles. The molecule has 1 atom stereocenters. The van der Waals surface area contributed by atoms with Crippen LogP contribution in [0, 0.1) is 6.92 Å². The number of aryl methyl sites for hydroxylation is 1. The number of quaternary nitrogens is 1. The number of carbonyl (C=O) groups excluding carboxylic acids is 1. The second-order valence-corrected chi connectivity index (χ2v) is 7.85. The summed E-state index contributed by atoms with van der Waals surface area (Å²) in [5, 5.41) is 0. The maximum atomic E-state index is 13.5. The molecule has 160 valence electrons. The summed E-state index contributed by atoms with van der Waals surface area (Å²) in [7, 11) is 0. The monoisotopic (exact) mass is 427 g/mol. The molecule has 0 aliphatic carbocycles. The van der Waals surface area contributed by atoms with E-state index >= 15 is 0 Å². The zero-order chi connectivity index (χ0) is 22.1. The average molecular weight is 427 g/mol. The summed E-state index contributed by atoms with van der Waals surface area (Å²) in [6.07, 6.45) is -2.39. The van der Waals surface area contributed by atoms with Gasteiger partial charge in [0, 0.05) is 29.4 Å². The van der Waals surface area contributed by atoms with Crippen molar-refractivity contribution in [3.63, 3.8) is 0 Å². The van der Waals surface area contributed by atoms with E-state index in [1.165, 1.54) is 12.1 Å². The van der Waals surface area contributed by atoms with Crippen molar-refractivity contribution in [2.24, 2.45) is 0 Å². The van der Waals surface area contributed by atoms with Crippen LogP contribution in [0.2, 0.25) is 0 Å². The number of alkyl halides is 3. The lowest BCUT2D eigenvalue weighted by atomic mass is 10.1. The summed E-state index contributed by atoms with van der Waals surface area (Å²) < 4.78 is 41.9. The van der Waals surface area contributed by atoms with E-state index in [0.29, 0.717) is 37.2 Å². The molecule has 1 unspecified atom stereocenters. The Balaban J connectivity index is 1.64. The minimum atomic E-state index is -4.74. The topological polar surface area (TPSA) is 39.2 Å². The van der Waals surface area contributed by atoms with E-state index < -0.39 is 6.36 Å². The van der Waals surface area contributed by atoms with Gasteiger partial charge in [-0.1, -0.05) is 24.3 Å². The van der Waals surface area contributed by atoms with Crippen LogP contribution in [0.15, 0.2) is 66.9 Å². The van der Waals surface area contributed by atoms with E-state index in [2.05, 4.69) is 9.72 Å². The van der Waals surface area contributed by atoms with Gasteiger partial charge in [0.2, 0.25) is 0 Å². The van der Waals surface area contributed by atoms with Crippen LogP contribution in [0.3, 0.4) is 0 Å². The van der Waals surface area contributed by atoms with Gasteiger partial charge < -0.3 is 4.74 Å². The quantitative estimate of drug-likeness (QED) is 0.508. The molecule has 1 amide bonds. The molecule has 1 aliphatic heterocycles. The average Bonchev–Trinajstić information content (AvgIpc) is 3.00. The van der Waals surface area contributed by atoms with Crippen LogP contribution in [-0.2, 0) is 19.5 Å². The molecular formula is C24H22F3N2O2+. The Hall–Kier alpha value is -3.19. The predicted octanol–water partition coefficient (Wildman–Crippen LogP) is 5.20. The second kappa shape index (κ2) is 8.15. The van der Waals surface area contributed by atoms with Gasteiger partial charge in [-0.15, -0.1) is 13.2 Å². The number of amides is 1. The highest BCUT2D eigenvalue weighted by Gasteiger charge is 2.45. The van der Waals surface area contributed by atoms with E-state index in [4.69, 9.17) is 0 Å². The maximum absolute atomic E-state index is 13.5. The Morgan fingerprint density at radius 2 is 1.84 bits per heavy atom. The number of benzene rings is 2. The van der Waals surface area contributed by atoms with E-state index in [9.17, 15) is 18.0 Å². The van der Waals surface area contributed by atoms with Gasteiger partial charge in [0.25, 0.3) is 0 Å². The van der Waals surface area contributed by atoms with Crippen LogP contribution in [0.5, 0.6) is 5.75 Å². The zero-order valence-electron chi connectivity index (χ0n) is 17.0. The van der Waals surface area contributed by atoms with Crippen LogP contribution in [-0.4, -0.2) is 28.3 Å². The molecule has 7 heteroatoms. The first-order chi connectivity index (χ1) is 14.8. The number of hydrogen-bond acceptors (Lipinski definition) is 3. The van der Waals surface area contributed by atoms with Gasteiger partial charge in [-0.2, -0.15) is 0 Å². The van der Waals surface area contributed by atoms with E-state index in [1.807, 2.05) is 42.5 Å². The lowest BCUT2D eigenvalue weighted by molar-refractivity contribution is -0.871. The Labute approximate surface area is 178 Å². The van der Waals surface area contributed by atoms with Crippen LogP contribution < -0.4 is 4.74 Å². The number of fused-ring (bicyclic) bond motifs is 1. The molecule has 0 radical (unpaired) electrons. The second-order valence-electron chi connectivity index (χ2n) is 7.85. The lowest BCUT2D eigenvalue weighted by Gasteiger charge is -2.32. The van der Waals surface area contributed by atoms with E-state index in [0.717, 1.165) is 16.8 Å². The van der Waals surface area contributed by atoms with Crippen molar-refractivity contribution in [1.29, 1.82) is 0 Å². The van der Waals surface area contributed by atoms with Gasteiger partial charge in [0.15, 0.2) is 0 Å². The van der Waals surface area contributed by atoms with Gasteiger partial charge in [0.1, 0.15) is 18.8 Å². The van der Waals surface area contributed by atoms with E-state index in [-0.39, 0.29) is 16.1 Å². The SMILES string of the molecule is Cc1cc(OC(F)(F)F)ccc1C[N+]1(CCc2ccccn2)Cc2ccccc2C1=O. The molecule has 1 aromatic heterocycles. The van der Waals surface area contributed by atoms with Crippen LogP contribution in [0.4, 0.5) is 13.2 Å². The number of nitrogens with zero attached hydrogens (tertiary/aromatic N) is 2. The summed E-state index contributed by atoms with van der Waals surface area (Å²) >= 11 is 0. The van der Waals surface area contributed by atoms with Gasteiger partial charge in [-0.3, -0.25) is 4.98 Å². The number of pyridine rings is 1. The van der Waals surface area contributed by atoms with Gasteiger partial charge >= 0.3 is 12.3 Å². The van der Waals surface area contributed by atoms with Crippen molar-refractivity contribution in [1.82, 2.24) is 4.98 Å². The largest absolute Gasteiger partial charge is 0.573 e. The number of rotatable bonds is 6. The summed E-state index contributed by atoms with van der Waals surface area (Å²) in [4.78, 5) is 17.9. The number of aromatic nitrogens is 1. The number of ether oxygens (including phenoxy) is 1. The third-order valence-corrected chi connectivity index (χ3v) is 5.69. The minimum absolute atomic E-state index is 0.0292. The smallest absolute Gasteiger partial charge is 0.406 e. The Morgan fingerprint density at radius 1 is 1.06 bits per heavy atom. The molecule has 0 fully saturated rings.